The summed E-state index contributed by atoms with van der Waals surface area (Å²) in [6.45, 7) is 17.3. The fraction of sp³-hybridized carbons (Fsp3) is 0.750. The lowest BCUT2D eigenvalue weighted by Crippen LogP contribution is -2.37. The van der Waals surface area contributed by atoms with E-state index in [9.17, 15) is 0 Å². The van der Waals surface area contributed by atoms with Crippen molar-refractivity contribution in [3.8, 4) is 0 Å². The van der Waals surface area contributed by atoms with Crippen LogP contribution in [0.15, 0.2) is 24.4 Å². The second-order valence-electron chi connectivity index (χ2n) is 5.55. The van der Waals surface area contributed by atoms with Gasteiger partial charge in [0.05, 0.1) is 0 Å². The standard InChI is InChI=1S/C16H29NS/c1-6-11-17(7-2)13(5)14-9-8-10-15(18)16(14)12(3)4/h14-16,18H,3,5-11H2,1-2,4H3/t14?,15-,16?/m1/s1. The van der Waals surface area contributed by atoms with Gasteiger partial charge < -0.3 is 4.90 Å². The molecule has 0 N–H and O–H groups in total. The first kappa shape index (κ1) is 15.7. The van der Waals surface area contributed by atoms with E-state index in [4.69, 9.17) is 12.6 Å². The number of rotatable bonds is 6. The van der Waals surface area contributed by atoms with Crippen LogP contribution in [0.5, 0.6) is 0 Å². The van der Waals surface area contributed by atoms with Crippen LogP contribution >= 0.6 is 12.6 Å². The average Bonchev–Trinajstić information content (AvgIpc) is 2.34. The van der Waals surface area contributed by atoms with Crippen molar-refractivity contribution in [3.63, 3.8) is 0 Å². The normalized spacial score (nSPS) is 27.9. The van der Waals surface area contributed by atoms with Crippen molar-refractivity contribution in [3.05, 3.63) is 24.4 Å². The van der Waals surface area contributed by atoms with E-state index in [-0.39, 0.29) is 0 Å². The molecule has 0 saturated heterocycles. The molecule has 18 heavy (non-hydrogen) atoms. The van der Waals surface area contributed by atoms with Gasteiger partial charge in [0.15, 0.2) is 0 Å². The number of allylic oxidation sites excluding steroid dienone is 2. The lowest BCUT2D eigenvalue weighted by molar-refractivity contribution is 0.239. The van der Waals surface area contributed by atoms with Crippen LogP contribution < -0.4 is 0 Å². The molecule has 0 heterocycles. The number of hydrogen-bond acceptors (Lipinski definition) is 2. The maximum Gasteiger partial charge on any atom is 0.0172 e. The van der Waals surface area contributed by atoms with Gasteiger partial charge in [0, 0.05) is 30.0 Å². The minimum absolute atomic E-state index is 0.457. The molecular weight excluding hydrogens is 238 g/mol. The Kier molecular flexibility index (Phi) is 6.34. The predicted octanol–water partition coefficient (Wildman–Crippen LogP) is 4.52. The smallest absolute Gasteiger partial charge is 0.0172 e. The van der Waals surface area contributed by atoms with Crippen molar-refractivity contribution in [2.45, 2.75) is 51.7 Å². The molecule has 2 unspecified atom stereocenters. The van der Waals surface area contributed by atoms with E-state index >= 15 is 0 Å². The maximum absolute atomic E-state index is 4.78. The van der Waals surface area contributed by atoms with Crippen molar-refractivity contribution in [1.82, 2.24) is 4.90 Å². The molecule has 0 amide bonds. The van der Waals surface area contributed by atoms with E-state index < -0.39 is 0 Å². The van der Waals surface area contributed by atoms with Gasteiger partial charge in [-0.05, 0) is 39.0 Å². The second-order valence-corrected chi connectivity index (χ2v) is 6.21. The summed E-state index contributed by atoms with van der Waals surface area (Å²) in [4.78, 5) is 2.44. The second kappa shape index (κ2) is 7.28. The molecule has 0 aromatic rings. The lowest BCUT2D eigenvalue weighted by Gasteiger charge is -2.41. The van der Waals surface area contributed by atoms with Crippen LogP contribution in [0.4, 0.5) is 0 Å². The van der Waals surface area contributed by atoms with Crippen molar-refractivity contribution < 1.29 is 0 Å². The Labute approximate surface area is 119 Å². The summed E-state index contributed by atoms with van der Waals surface area (Å²) >= 11 is 4.78. The molecule has 1 rings (SSSR count). The third kappa shape index (κ3) is 3.57. The Morgan fingerprint density at radius 1 is 1.28 bits per heavy atom. The molecule has 2 heteroatoms. The largest absolute Gasteiger partial charge is 0.375 e. The van der Waals surface area contributed by atoms with Gasteiger partial charge in [-0.3, -0.25) is 0 Å². The fourth-order valence-electron chi connectivity index (χ4n) is 3.23. The highest BCUT2D eigenvalue weighted by atomic mass is 32.1. The van der Waals surface area contributed by atoms with Gasteiger partial charge in [-0.15, -0.1) is 0 Å². The molecular formula is C16H29NS. The first-order chi connectivity index (χ1) is 8.52. The van der Waals surface area contributed by atoms with Gasteiger partial charge >= 0.3 is 0 Å². The Morgan fingerprint density at radius 2 is 1.94 bits per heavy atom. The average molecular weight is 267 g/mol. The van der Waals surface area contributed by atoms with E-state index in [1.807, 2.05) is 0 Å². The van der Waals surface area contributed by atoms with Crippen molar-refractivity contribution in [1.29, 1.82) is 0 Å². The number of hydrogen-bond donors (Lipinski definition) is 1. The minimum atomic E-state index is 0.457. The van der Waals surface area contributed by atoms with Gasteiger partial charge in [-0.2, -0.15) is 12.6 Å². The third-order valence-electron chi connectivity index (χ3n) is 4.14. The van der Waals surface area contributed by atoms with Crippen molar-refractivity contribution >= 4 is 12.6 Å². The quantitative estimate of drug-likeness (QED) is 0.547. The molecule has 0 spiro atoms. The van der Waals surface area contributed by atoms with Crippen LogP contribution in [0.2, 0.25) is 0 Å². The van der Waals surface area contributed by atoms with Crippen molar-refractivity contribution in [2.75, 3.05) is 13.1 Å². The molecule has 1 aliphatic carbocycles. The van der Waals surface area contributed by atoms with Crippen LogP contribution in [0.25, 0.3) is 0 Å². The summed E-state index contributed by atoms with van der Waals surface area (Å²) in [6, 6.07) is 0. The molecule has 1 nitrogen and oxygen atoms in total. The molecule has 0 bridgehead atoms. The van der Waals surface area contributed by atoms with Gasteiger partial charge in [-0.25, -0.2) is 0 Å². The highest BCUT2D eigenvalue weighted by Crippen LogP contribution is 2.41. The summed E-state index contributed by atoms with van der Waals surface area (Å²) < 4.78 is 0. The van der Waals surface area contributed by atoms with Crippen molar-refractivity contribution in [2.24, 2.45) is 11.8 Å². The highest BCUT2D eigenvalue weighted by molar-refractivity contribution is 7.81. The number of thiol groups is 1. The van der Waals surface area contributed by atoms with Crippen LogP contribution in [0, 0.1) is 11.8 Å². The third-order valence-corrected chi connectivity index (χ3v) is 4.72. The van der Waals surface area contributed by atoms with Gasteiger partial charge in [0.25, 0.3) is 0 Å². The minimum Gasteiger partial charge on any atom is -0.375 e. The first-order valence-electron chi connectivity index (χ1n) is 7.30. The van der Waals surface area contributed by atoms with E-state index in [1.54, 1.807) is 0 Å². The summed E-state index contributed by atoms with van der Waals surface area (Å²) in [5.41, 5.74) is 2.58. The summed E-state index contributed by atoms with van der Waals surface area (Å²) in [5, 5.41) is 0.457. The SMILES string of the molecule is C=C(C)C1C(C(=C)N(CC)CCC)CCC[C@H]1S. The molecule has 1 fully saturated rings. The Morgan fingerprint density at radius 3 is 2.44 bits per heavy atom. The topological polar surface area (TPSA) is 3.24 Å². The molecule has 1 aliphatic rings. The predicted molar refractivity (Wildman–Crippen MR) is 85.1 cm³/mol. The molecule has 0 radical (unpaired) electrons. The Hall–Kier alpha value is -0.370. The van der Waals surface area contributed by atoms with Gasteiger partial charge in [-0.1, -0.05) is 32.1 Å². The highest BCUT2D eigenvalue weighted by Gasteiger charge is 2.34. The monoisotopic (exact) mass is 267 g/mol. The van der Waals surface area contributed by atoms with E-state index in [2.05, 4.69) is 38.8 Å². The summed E-state index contributed by atoms with van der Waals surface area (Å²) in [7, 11) is 0. The van der Waals surface area contributed by atoms with Gasteiger partial charge in [0.2, 0.25) is 0 Å². The zero-order valence-corrected chi connectivity index (χ0v) is 13.2. The zero-order chi connectivity index (χ0) is 13.7. The molecule has 1 saturated carbocycles. The molecule has 0 aliphatic heterocycles. The van der Waals surface area contributed by atoms with Crippen LogP contribution in [-0.2, 0) is 0 Å². The first-order valence-corrected chi connectivity index (χ1v) is 7.81. The number of nitrogens with zero attached hydrogens (tertiary/aromatic N) is 1. The Balaban J connectivity index is 2.83. The molecule has 0 aromatic carbocycles. The zero-order valence-electron chi connectivity index (χ0n) is 12.3. The molecule has 104 valence electrons. The Bertz CT molecular complexity index is 297. The van der Waals surface area contributed by atoms with Gasteiger partial charge in [0.1, 0.15) is 0 Å². The van der Waals surface area contributed by atoms with E-state index in [1.165, 1.54) is 37.0 Å². The van der Waals surface area contributed by atoms with Crippen LogP contribution in [0.3, 0.4) is 0 Å². The summed E-state index contributed by atoms with van der Waals surface area (Å²) in [6.07, 6.45) is 4.91. The lowest BCUT2D eigenvalue weighted by atomic mass is 9.74. The fourth-order valence-corrected chi connectivity index (χ4v) is 3.87. The summed E-state index contributed by atoms with van der Waals surface area (Å²) in [5.74, 6) is 1.05. The van der Waals surface area contributed by atoms with Crippen LogP contribution in [0.1, 0.15) is 46.5 Å². The maximum atomic E-state index is 4.78. The molecule has 3 atom stereocenters. The van der Waals surface area contributed by atoms with E-state index in [0.29, 0.717) is 17.1 Å². The van der Waals surface area contributed by atoms with E-state index in [0.717, 1.165) is 13.1 Å². The van der Waals surface area contributed by atoms with Crippen LogP contribution in [-0.4, -0.2) is 23.2 Å². The molecule has 0 aromatic heterocycles.